The van der Waals surface area contributed by atoms with Crippen molar-refractivity contribution in [3.8, 4) is 17.6 Å². The third-order valence-corrected chi connectivity index (χ3v) is 7.82. The molecule has 0 aromatic heterocycles. The molecule has 5 N–H and O–H groups in total. The monoisotopic (exact) mass is 657 g/mol. The summed E-state index contributed by atoms with van der Waals surface area (Å²) in [5.41, 5.74) is -2.24. The second kappa shape index (κ2) is 23.2. The van der Waals surface area contributed by atoms with Crippen LogP contribution < -0.4 is 10.1 Å². The number of carbonyl (C=O) groups excluding carboxylic acids is 2. The summed E-state index contributed by atoms with van der Waals surface area (Å²) in [4.78, 5) is 60.9. The molecule has 11 nitrogen and oxygen atoms in total. The number of nitrogens with one attached hydrogen (secondary N) is 1. The quantitative estimate of drug-likeness (QED) is 0.0495. The number of carboxylic acid groups (broad SMARTS) is 3. The highest BCUT2D eigenvalue weighted by molar-refractivity contribution is 5.92. The lowest BCUT2D eigenvalue weighted by molar-refractivity contribution is -0.168. The van der Waals surface area contributed by atoms with Gasteiger partial charge in [0.05, 0.1) is 5.92 Å². The minimum atomic E-state index is -2.79. The predicted octanol–water partition coefficient (Wildman–Crippen LogP) is 5.32. The summed E-state index contributed by atoms with van der Waals surface area (Å²) in [6.45, 7) is 4.02. The first-order chi connectivity index (χ1) is 22.4. The minimum Gasteiger partial charge on any atom is -0.481 e. The van der Waals surface area contributed by atoms with Gasteiger partial charge >= 0.3 is 17.9 Å². The highest BCUT2D eigenvalue weighted by Crippen LogP contribution is 2.27. The van der Waals surface area contributed by atoms with Crippen LogP contribution in [0.3, 0.4) is 0 Å². The van der Waals surface area contributed by atoms with E-state index in [2.05, 4.69) is 24.1 Å². The molecule has 0 aliphatic heterocycles. The minimum absolute atomic E-state index is 0.144. The van der Waals surface area contributed by atoms with Crippen LogP contribution in [0.5, 0.6) is 5.75 Å². The number of aliphatic hydroxyl groups is 1. The van der Waals surface area contributed by atoms with E-state index in [1.807, 2.05) is 0 Å². The molecule has 0 aliphatic rings. The van der Waals surface area contributed by atoms with Crippen LogP contribution in [-0.2, 0) is 30.4 Å². The maximum absolute atomic E-state index is 13.4. The normalized spacial score (nSPS) is 13.5. The lowest BCUT2D eigenvalue weighted by Crippen LogP contribution is -2.54. The molecule has 3 atom stereocenters. The number of ketones is 1. The smallest absolute Gasteiger partial charge is 0.336 e. The van der Waals surface area contributed by atoms with E-state index in [0.717, 1.165) is 44.9 Å². The van der Waals surface area contributed by atoms with Gasteiger partial charge in [-0.3, -0.25) is 14.4 Å². The van der Waals surface area contributed by atoms with E-state index in [4.69, 9.17) is 9.84 Å². The van der Waals surface area contributed by atoms with Gasteiger partial charge in [-0.1, -0.05) is 75.7 Å². The molecule has 0 saturated heterocycles. The third kappa shape index (κ3) is 16.8. The molecule has 0 saturated carbocycles. The SMILES string of the molecule is CC#CCOc1ccc(C[C@H](NC(=O)[C@@H](C=CCCCCCCC(=O)CCCCCCC)[C@@](O)(CCC(=O)O)C(=O)O)C(=O)O)cc1. The second-order valence-corrected chi connectivity index (χ2v) is 11.6. The van der Waals surface area contributed by atoms with Crippen molar-refractivity contribution in [2.75, 3.05) is 6.61 Å². The first-order valence-electron chi connectivity index (χ1n) is 16.4. The Morgan fingerprint density at radius 2 is 1.51 bits per heavy atom. The van der Waals surface area contributed by atoms with E-state index in [1.165, 1.54) is 18.6 Å². The highest BCUT2D eigenvalue weighted by Gasteiger charge is 2.47. The van der Waals surface area contributed by atoms with Gasteiger partial charge in [-0.15, -0.1) is 5.92 Å². The Hall–Kier alpha value is -4.17. The Bertz CT molecular complexity index is 1230. The Morgan fingerprint density at radius 3 is 2.06 bits per heavy atom. The molecule has 0 radical (unpaired) electrons. The number of carboxylic acids is 3. The molecule has 1 aromatic rings. The maximum atomic E-state index is 13.4. The van der Waals surface area contributed by atoms with Gasteiger partial charge in [0.2, 0.25) is 5.91 Å². The number of Topliss-reactive ketones (excluding diaryl/α,β-unsaturated/α-hetero) is 1. The Balaban J connectivity index is 2.86. The summed E-state index contributed by atoms with van der Waals surface area (Å²) in [7, 11) is 0. The molecule has 1 amide bonds. The van der Waals surface area contributed by atoms with Crippen LogP contribution in [0.4, 0.5) is 0 Å². The zero-order valence-corrected chi connectivity index (χ0v) is 27.7. The summed E-state index contributed by atoms with van der Waals surface area (Å²) in [5, 5.41) is 42.2. The Kier molecular flexibility index (Phi) is 20.2. The van der Waals surface area contributed by atoms with Gasteiger partial charge in [0.15, 0.2) is 5.60 Å². The number of unbranched alkanes of at least 4 members (excludes halogenated alkanes) is 8. The van der Waals surface area contributed by atoms with Gasteiger partial charge in [0.1, 0.15) is 24.2 Å². The molecule has 0 aliphatic carbocycles. The number of allylic oxidation sites excluding steroid dienone is 1. The molecule has 1 rings (SSSR count). The number of aliphatic carboxylic acids is 3. The van der Waals surface area contributed by atoms with Crippen molar-refractivity contribution in [1.82, 2.24) is 5.32 Å². The molecule has 0 fully saturated rings. The van der Waals surface area contributed by atoms with Gasteiger partial charge in [-0.05, 0) is 56.7 Å². The van der Waals surface area contributed by atoms with Crippen LogP contribution >= 0.6 is 0 Å². The molecule has 0 heterocycles. The van der Waals surface area contributed by atoms with E-state index < -0.39 is 54.2 Å². The summed E-state index contributed by atoms with van der Waals surface area (Å²) in [6, 6.07) is 5.04. The summed E-state index contributed by atoms with van der Waals surface area (Å²) >= 11 is 0. The van der Waals surface area contributed by atoms with Crippen molar-refractivity contribution in [3.05, 3.63) is 42.0 Å². The van der Waals surface area contributed by atoms with Crippen molar-refractivity contribution in [1.29, 1.82) is 0 Å². The van der Waals surface area contributed by atoms with Crippen LogP contribution in [0, 0.1) is 17.8 Å². The Morgan fingerprint density at radius 1 is 0.894 bits per heavy atom. The fourth-order valence-corrected chi connectivity index (χ4v) is 4.99. The zero-order valence-electron chi connectivity index (χ0n) is 27.7. The van der Waals surface area contributed by atoms with Gasteiger partial charge in [0, 0.05) is 25.7 Å². The van der Waals surface area contributed by atoms with Crippen molar-refractivity contribution in [2.45, 2.75) is 122 Å². The van der Waals surface area contributed by atoms with E-state index in [1.54, 1.807) is 31.2 Å². The molecule has 0 bridgehead atoms. The van der Waals surface area contributed by atoms with E-state index in [9.17, 15) is 39.3 Å². The molecule has 11 heteroatoms. The number of rotatable bonds is 26. The molecule has 47 heavy (non-hydrogen) atoms. The average molecular weight is 658 g/mol. The Labute approximate surface area is 277 Å². The lowest BCUT2D eigenvalue weighted by atomic mass is 9.81. The first-order valence-corrected chi connectivity index (χ1v) is 16.4. The van der Waals surface area contributed by atoms with Crippen molar-refractivity contribution < 1.29 is 49.1 Å². The number of ether oxygens (including phenoxy) is 1. The molecule has 0 unspecified atom stereocenters. The molecular weight excluding hydrogens is 606 g/mol. The van der Waals surface area contributed by atoms with E-state index in [-0.39, 0.29) is 18.8 Å². The van der Waals surface area contributed by atoms with Crippen LogP contribution in [0.2, 0.25) is 0 Å². The van der Waals surface area contributed by atoms with E-state index >= 15 is 0 Å². The van der Waals surface area contributed by atoms with Crippen LogP contribution in [0.25, 0.3) is 0 Å². The predicted molar refractivity (Wildman–Crippen MR) is 177 cm³/mol. The van der Waals surface area contributed by atoms with Gasteiger partial charge in [-0.2, -0.15) is 0 Å². The molecule has 1 aromatic carbocycles. The third-order valence-electron chi connectivity index (χ3n) is 7.82. The number of carbonyl (C=O) groups is 5. The number of hydrogen-bond donors (Lipinski definition) is 5. The van der Waals surface area contributed by atoms with Crippen LogP contribution in [-0.4, -0.2) is 68.3 Å². The molecular formula is C36H51NO10. The standard InChI is InChI=1S/C36H51NO10/c1-3-5-7-10-13-16-28(38)17-14-11-8-9-12-15-18-30(36(46,35(44)45)24-23-32(39)40)33(41)37-31(34(42)43)26-27-19-21-29(22-20-27)47-25-6-4-2/h15,18-22,30-31,46H,3,5,7-14,16-17,23-26H2,1-2H3,(H,37,41)(H,39,40)(H,42,43)(H,44,45)/t30-,31+,36+/m1/s1. The van der Waals surface area contributed by atoms with Crippen LogP contribution in [0.15, 0.2) is 36.4 Å². The summed E-state index contributed by atoms with van der Waals surface area (Å²) < 4.78 is 5.45. The fraction of sp³-hybridized carbons (Fsp3) is 0.583. The van der Waals surface area contributed by atoms with Crippen molar-refractivity contribution >= 4 is 29.6 Å². The van der Waals surface area contributed by atoms with Crippen molar-refractivity contribution in [2.24, 2.45) is 5.92 Å². The molecule has 260 valence electrons. The van der Waals surface area contributed by atoms with Crippen LogP contribution in [0.1, 0.15) is 109 Å². The van der Waals surface area contributed by atoms with Gasteiger partial charge in [0.25, 0.3) is 0 Å². The largest absolute Gasteiger partial charge is 0.481 e. The lowest BCUT2D eigenvalue weighted by Gasteiger charge is -2.30. The number of benzene rings is 1. The average Bonchev–Trinajstić information content (AvgIpc) is 3.03. The molecule has 0 spiro atoms. The van der Waals surface area contributed by atoms with Gasteiger partial charge < -0.3 is 30.5 Å². The van der Waals surface area contributed by atoms with E-state index in [0.29, 0.717) is 37.0 Å². The number of hydrogen-bond acceptors (Lipinski definition) is 7. The number of amides is 1. The summed E-state index contributed by atoms with van der Waals surface area (Å²) in [5.74, 6) is -1.10. The van der Waals surface area contributed by atoms with Crippen molar-refractivity contribution in [3.63, 3.8) is 0 Å². The second-order valence-electron chi connectivity index (χ2n) is 11.6. The maximum Gasteiger partial charge on any atom is 0.336 e. The zero-order chi connectivity index (χ0) is 35.1. The highest BCUT2D eigenvalue weighted by atomic mass is 16.5. The van der Waals surface area contributed by atoms with Gasteiger partial charge in [-0.25, -0.2) is 9.59 Å². The summed E-state index contributed by atoms with van der Waals surface area (Å²) in [6.07, 6.45) is 11.3. The fourth-order valence-electron chi connectivity index (χ4n) is 4.99. The first kappa shape index (κ1) is 40.9. The topological polar surface area (TPSA) is 188 Å².